The van der Waals surface area contributed by atoms with Crippen molar-refractivity contribution in [3.63, 3.8) is 0 Å². The van der Waals surface area contributed by atoms with E-state index in [1.807, 2.05) is 18.2 Å². The summed E-state index contributed by atoms with van der Waals surface area (Å²) < 4.78 is 6.08. The number of carbonyl (C=O) groups is 1. The summed E-state index contributed by atoms with van der Waals surface area (Å²) in [6.45, 7) is 3.74. The summed E-state index contributed by atoms with van der Waals surface area (Å²) in [5.41, 5.74) is 1.99. The zero-order chi connectivity index (χ0) is 16.9. The molecule has 1 saturated carbocycles. The second-order valence-electron chi connectivity index (χ2n) is 7.44. The van der Waals surface area contributed by atoms with Crippen LogP contribution in [-0.4, -0.2) is 55.6 Å². The number of amides is 1. The lowest BCUT2D eigenvalue weighted by molar-refractivity contribution is -0.0670. The van der Waals surface area contributed by atoms with Crippen LogP contribution in [0.25, 0.3) is 0 Å². The third-order valence-electron chi connectivity index (χ3n) is 5.34. The van der Waals surface area contributed by atoms with Gasteiger partial charge in [0, 0.05) is 39.3 Å². The van der Waals surface area contributed by atoms with E-state index in [0.29, 0.717) is 6.10 Å². The van der Waals surface area contributed by atoms with Crippen molar-refractivity contribution in [1.82, 2.24) is 9.80 Å². The highest BCUT2D eigenvalue weighted by Gasteiger charge is 2.29. The van der Waals surface area contributed by atoms with Gasteiger partial charge in [0.15, 0.2) is 0 Å². The number of carbonyl (C=O) groups excluding carboxylic acids is 1. The van der Waals surface area contributed by atoms with Gasteiger partial charge in [0.1, 0.15) is 0 Å². The van der Waals surface area contributed by atoms with E-state index in [4.69, 9.17) is 4.74 Å². The lowest BCUT2D eigenvalue weighted by atomic mass is 9.84. The lowest BCUT2D eigenvalue weighted by Gasteiger charge is -2.38. The van der Waals surface area contributed by atoms with Crippen LogP contribution >= 0.6 is 0 Å². The zero-order valence-corrected chi connectivity index (χ0v) is 15.0. The molecule has 1 aromatic carbocycles. The normalized spacial score (nSPS) is 23.2. The second-order valence-corrected chi connectivity index (χ2v) is 7.44. The van der Waals surface area contributed by atoms with Crippen LogP contribution in [0.15, 0.2) is 24.3 Å². The number of hydrogen-bond acceptors (Lipinski definition) is 3. The van der Waals surface area contributed by atoms with E-state index in [-0.39, 0.29) is 5.91 Å². The molecule has 1 atom stereocenters. The molecule has 0 aromatic heterocycles. The smallest absolute Gasteiger partial charge is 0.253 e. The zero-order valence-electron chi connectivity index (χ0n) is 15.0. The van der Waals surface area contributed by atoms with Crippen molar-refractivity contribution < 1.29 is 9.53 Å². The highest BCUT2D eigenvalue weighted by molar-refractivity contribution is 5.94. The molecule has 3 rings (SSSR count). The minimum absolute atomic E-state index is 0.0684. The van der Waals surface area contributed by atoms with Gasteiger partial charge in [-0.2, -0.15) is 0 Å². The molecular formula is C20H30N2O2. The summed E-state index contributed by atoms with van der Waals surface area (Å²) >= 11 is 0. The van der Waals surface area contributed by atoms with Crippen molar-refractivity contribution in [3.8, 4) is 0 Å². The van der Waals surface area contributed by atoms with Gasteiger partial charge in [0.05, 0.1) is 12.7 Å². The van der Waals surface area contributed by atoms with Gasteiger partial charge >= 0.3 is 0 Å². The van der Waals surface area contributed by atoms with E-state index in [0.717, 1.165) is 37.7 Å². The van der Waals surface area contributed by atoms with Crippen LogP contribution in [0, 0.1) is 5.92 Å². The molecule has 1 saturated heterocycles. The van der Waals surface area contributed by atoms with E-state index < -0.39 is 0 Å². The molecule has 2 fully saturated rings. The van der Waals surface area contributed by atoms with Crippen molar-refractivity contribution in [2.24, 2.45) is 5.92 Å². The molecule has 1 heterocycles. The van der Waals surface area contributed by atoms with Crippen LogP contribution in [0.4, 0.5) is 0 Å². The Morgan fingerprint density at radius 2 is 2.04 bits per heavy atom. The molecule has 132 valence electrons. The fraction of sp³-hybridized carbons (Fsp3) is 0.650. The first-order valence-electron chi connectivity index (χ1n) is 9.28. The van der Waals surface area contributed by atoms with Crippen LogP contribution in [0.2, 0.25) is 0 Å². The molecule has 1 amide bonds. The van der Waals surface area contributed by atoms with Crippen molar-refractivity contribution in [3.05, 3.63) is 35.4 Å². The Labute approximate surface area is 145 Å². The van der Waals surface area contributed by atoms with Gasteiger partial charge in [-0.1, -0.05) is 31.4 Å². The van der Waals surface area contributed by atoms with Crippen molar-refractivity contribution in [2.75, 3.05) is 33.8 Å². The third-order valence-corrected chi connectivity index (χ3v) is 5.34. The van der Waals surface area contributed by atoms with Crippen LogP contribution in [-0.2, 0) is 11.3 Å². The molecule has 0 spiro atoms. The highest BCUT2D eigenvalue weighted by Crippen LogP contribution is 2.30. The Hall–Kier alpha value is -1.39. The Morgan fingerprint density at radius 1 is 1.25 bits per heavy atom. The maximum atomic E-state index is 12.1. The summed E-state index contributed by atoms with van der Waals surface area (Å²) in [6.07, 6.45) is 7.15. The van der Waals surface area contributed by atoms with E-state index >= 15 is 0 Å². The van der Waals surface area contributed by atoms with E-state index in [1.54, 1.807) is 19.0 Å². The number of rotatable bonds is 4. The van der Waals surface area contributed by atoms with Gasteiger partial charge < -0.3 is 9.64 Å². The Morgan fingerprint density at radius 3 is 2.79 bits per heavy atom. The predicted octanol–water partition coefficient (Wildman–Crippen LogP) is 3.17. The maximum Gasteiger partial charge on any atom is 0.253 e. The van der Waals surface area contributed by atoms with Crippen molar-refractivity contribution in [1.29, 1.82) is 0 Å². The predicted molar refractivity (Wildman–Crippen MR) is 96.1 cm³/mol. The number of hydrogen-bond donors (Lipinski definition) is 0. The first kappa shape index (κ1) is 17.4. The van der Waals surface area contributed by atoms with Crippen LogP contribution in [0.3, 0.4) is 0 Å². The van der Waals surface area contributed by atoms with Gasteiger partial charge in [-0.15, -0.1) is 0 Å². The SMILES string of the molecule is CN(C)C(=O)c1cccc(CN2CCO[C@H](C3CCCCC3)C2)c1. The molecule has 2 aliphatic rings. The quantitative estimate of drug-likeness (QED) is 0.850. The van der Waals surface area contributed by atoms with Crippen molar-refractivity contribution >= 4 is 5.91 Å². The topological polar surface area (TPSA) is 32.8 Å². The first-order chi connectivity index (χ1) is 11.6. The molecule has 0 unspecified atom stereocenters. The molecule has 1 aliphatic carbocycles. The van der Waals surface area contributed by atoms with Crippen molar-refractivity contribution in [2.45, 2.75) is 44.8 Å². The van der Waals surface area contributed by atoms with Gasteiger partial charge in [-0.3, -0.25) is 9.69 Å². The Balaban J connectivity index is 1.61. The fourth-order valence-electron chi connectivity index (χ4n) is 3.99. The standard InChI is InChI=1S/C20H30N2O2/c1-21(2)20(23)18-10-6-7-16(13-18)14-22-11-12-24-19(15-22)17-8-4-3-5-9-17/h6-7,10,13,17,19H,3-5,8-9,11-12,14-15H2,1-2H3/t19-/m0/s1. The molecule has 0 radical (unpaired) electrons. The molecule has 0 bridgehead atoms. The highest BCUT2D eigenvalue weighted by atomic mass is 16.5. The second kappa shape index (κ2) is 8.13. The van der Waals surface area contributed by atoms with E-state index in [9.17, 15) is 4.79 Å². The van der Waals surface area contributed by atoms with E-state index in [1.165, 1.54) is 37.7 Å². The molecule has 1 aromatic rings. The van der Waals surface area contributed by atoms with E-state index in [2.05, 4.69) is 11.0 Å². The monoisotopic (exact) mass is 330 g/mol. The average molecular weight is 330 g/mol. The largest absolute Gasteiger partial charge is 0.375 e. The number of morpholine rings is 1. The lowest BCUT2D eigenvalue weighted by Crippen LogP contribution is -2.45. The summed E-state index contributed by atoms with van der Waals surface area (Å²) in [5.74, 6) is 0.808. The summed E-state index contributed by atoms with van der Waals surface area (Å²) in [4.78, 5) is 16.3. The Kier molecular flexibility index (Phi) is 5.90. The third kappa shape index (κ3) is 4.37. The molecule has 24 heavy (non-hydrogen) atoms. The van der Waals surface area contributed by atoms with Crippen LogP contribution in [0.1, 0.15) is 48.0 Å². The summed E-state index contributed by atoms with van der Waals surface area (Å²) in [7, 11) is 3.59. The minimum atomic E-state index is 0.0684. The van der Waals surface area contributed by atoms with Crippen LogP contribution in [0.5, 0.6) is 0 Å². The Bertz CT molecular complexity index is 552. The summed E-state index contributed by atoms with van der Waals surface area (Å²) in [6, 6.07) is 8.05. The van der Waals surface area contributed by atoms with Crippen LogP contribution < -0.4 is 0 Å². The maximum absolute atomic E-state index is 12.1. The molecule has 4 nitrogen and oxygen atoms in total. The molecule has 0 N–H and O–H groups in total. The summed E-state index contributed by atoms with van der Waals surface area (Å²) in [5, 5.41) is 0. The number of ether oxygens (including phenoxy) is 1. The van der Waals surface area contributed by atoms with Gasteiger partial charge in [0.25, 0.3) is 5.91 Å². The molecule has 4 heteroatoms. The average Bonchev–Trinajstić information content (AvgIpc) is 2.62. The van der Waals surface area contributed by atoms with Gasteiger partial charge in [-0.25, -0.2) is 0 Å². The molecular weight excluding hydrogens is 300 g/mol. The molecule has 1 aliphatic heterocycles. The minimum Gasteiger partial charge on any atom is -0.375 e. The first-order valence-corrected chi connectivity index (χ1v) is 9.28. The number of nitrogens with zero attached hydrogens (tertiary/aromatic N) is 2. The van der Waals surface area contributed by atoms with Gasteiger partial charge in [-0.05, 0) is 36.5 Å². The number of benzene rings is 1. The van der Waals surface area contributed by atoms with Gasteiger partial charge in [0.2, 0.25) is 0 Å². The fourth-order valence-corrected chi connectivity index (χ4v) is 3.99.